The van der Waals surface area contributed by atoms with Gasteiger partial charge in [0.2, 0.25) is 0 Å². The SMILES string of the molecule is COc1cc(N)c(N(C)CC(C)C#N)cc1OC. The van der Waals surface area contributed by atoms with Gasteiger partial charge in [0.15, 0.2) is 11.5 Å². The third kappa shape index (κ3) is 2.98. The standard InChI is InChI=1S/C13H19N3O2/c1-9(7-14)8-16(2)11-6-13(18-4)12(17-3)5-10(11)15/h5-6,9H,8,15H2,1-4H3. The van der Waals surface area contributed by atoms with E-state index in [-0.39, 0.29) is 5.92 Å². The van der Waals surface area contributed by atoms with E-state index in [1.54, 1.807) is 20.3 Å². The van der Waals surface area contributed by atoms with Gasteiger partial charge in [0.25, 0.3) is 0 Å². The summed E-state index contributed by atoms with van der Waals surface area (Å²) in [6.07, 6.45) is 0. The molecule has 0 aliphatic rings. The summed E-state index contributed by atoms with van der Waals surface area (Å²) in [6, 6.07) is 5.74. The van der Waals surface area contributed by atoms with E-state index in [4.69, 9.17) is 20.5 Å². The van der Waals surface area contributed by atoms with Gasteiger partial charge in [0, 0.05) is 25.7 Å². The van der Waals surface area contributed by atoms with Crippen LogP contribution in [-0.2, 0) is 0 Å². The summed E-state index contributed by atoms with van der Waals surface area (Å²) in [5.41, 5.74) is 7.40. The molecule has 0 bridgehead atoms. The van der Waals surface area contributed by atoms with Crippen molar-refractivity contribution in [3.05, 3.63) is 12.1 Å². The lowest BCUT2D eigenvalue weighted by atomic mass is 10.1. The molecule has 0 aliphatic carbocycles. The number of benzene rings is 1. The quantitative estimate of drug-likeness (QED) is 0.807. The molecule has 0 saturated carbocycles. The van der Waals surface area contributed by atoms with Gasteiger partial charge in [0.05, 0.1) is 37.6 Å². The highest BCUT2D eigenvalue weighted by Crippen LogP contribution is 2.36. The zero-order chi connectivity index (χ0) is 13.7. The maximum Gasteiger partial charge on any atom is 0.162 e. The van der Waals surface area contributed by atoms with E-state index >= 15 is 0 Å². The van der Waals surface area contributed by atoms with Gasteiger partial charge in [-0.15, -0.1) is 0 Å². The van der Waals surface area contributed by atoms with E-state index in [0.29, 0.717) is 23.7 Å². The number of rotatable bonds is 5. The van der Waals surface area contributed by atoms with Crippen molar-refractivity contribution in [3.63, 3.8) is 0 Å². The minimum absolute atomic E-state index is 0.0671. The Balaban J connectivity index is 3.06. The smallest absolute Gasteiger partial charge is 0.162 e. The van der Waals surface area contributed by atoms with Gasteiger partial charge in [-0.1, -0.05) is 0 Å². The molecule has 0 spiro atoms. The lowest BCUT2D eigenvalue weighted by Crippen LogP contribution is -2.24. The number of nitriles is 1. The van der Waals surface area contributed by atoms with E-state index in [1.165, 1.54) is 0 Å². The molecular weight excluding hydrogens is 230 g/mol. The lowest BCUT2D eigenvalue weighted by Gasteiger charge is -2.23. The van der Waals surface area contributed by atoms with E-state index in [0.717, 1.165) is 5.69 Å². The predicted molar refractivity (Wildman–Crippen MR) is 72.0 cm³/mol. The highest BCUT2D eigenvalue weighted by Gasteiger charge is 2.14. The van der Waals surface area contributed by atoms with Crippen molar-refractivity contribution in [2.75, 3.05) is 38.4 Å². The maximum atomic E-state index is 8.83. The van der Waals surface area contributed by atoms with Crippen LogP contribution in [0, 0.1) is 17.2 Å². The number of nitrogen functional groups attached to an aromatic ring is 1. The van der Waals surface area contributed by atoms with Crippen LogP contribution >= 0.6 is 0 Å². The number of methoxy groups -OCH3 is 2. The van der Waals surface area contributed by atoms with Crippen LogP contribution in [0.25, 0.3) is 0 Å². The fourth-order valence-electron chi connectivity index (χ4n) is 1.76. The topological polar surface area (TPSA) is 71.5 Å². The van der Waals surface area contributed by atoms with Crippen LogP contribution in [0.2, 0.25) is 0 Å². The van der Waals surface area contributed by atoms with Crippen molar-refractivity contribution in [2.24, 2.45) is 5.92 Å². The van der Waals surface area contributed by atoms with Crippen LogP contribution in [0.3, 0.4) is 0 Å². The zero-order valence-electron chi connectivity index (χ0n) is 11.2. The van der Waals surface area contributed by atoms with Crippen LogP contribution in [0.5, 0.6) is 11.5 Å². The fraction of sp³-hybridized carbons (Fsp3) is 0.462. The summed E-state index contributed by atoms with van der Waals surface area (Å²) in [7, 11) is 5.04. The highest BCUT2D eigenvalue weighted by atomic mass is 16.5. The third-order valence-electron chi connectivity index (χ3n) is 2.71. The second kappa shape index (κ2) is 6.01. The molecule has 5 nitrogen and oxygen atoms in total. The maximum absolute atomic E-state index is 8.83. The van der Waals surface area contributed by atoms with E-state index in [9.17, 15) is 0 Å². The molecule has 18 heavy (non-hydrogen) atoms. The van der Waals surface area contributed by atoms with Crippen molar-refractivity contribution in [1.82, 2.24) is 0 Å². The van der Waals surface area contributed by atoms with Gasteiger partial charge < -0.3 is 20.1 Å². The first-order valence-electron chi connectivity index (χ1n) is 5.65. The van der Waals surface area contributed by atoms with Gasteiger partial charge in [-0.3, -0.25) is 0 Å². The lowest BCUT2D eigenvalue weighted by molar-refractivity contribution is 0.355. The zero-order valence-corrected chi connectivity index (χ0v) is 11.2. The first-order valence-corrected chi connectivity index (χ1v) is 5.65. The van der Waals surface area contributed by atoms with Crippen LogP contribution in [0.4, 0.5) is 11.4 Å². The Morgan fingerprint density at radius 3 is 2.39 bits per heavy atom. The van der Waals surface area contributed by atoms with Gasteiger partial charge in [-0.05, 0) is 6.92 Å². The Labute approximate surface area is 108 Å². The van der Waals surface area contributed by atoms with E-state index in [2.05, 4.69) is 6.07 Å². The second-order valence-corrected chi connectivity index (χ2v) is 4.18. The molecule has 1 aromatic rings. The Morgan fingerprint density at radius 1 is 1.33 bits per heavy atom. The van der Waals surface area contributed by atoms with E-state index < -0.39 is 0 Å². The van der Waals surface area contributed by atoms with Crippen LogP contribution < -0.4 is 20.1 Å². The molecule has 1 unspecified atom stereocenters. The molecule has 0 radical (unpaired) electrons. The summed E-state index contributed by atoms with van der Waals surface area (Å²) in [4.78, 5) is 1.94. The van der Waals surface area contributed by atoms with Crippen molar-refractivity contribution >= 4 is 11.4 Å². The van der Waals surface area contributed by atoms with Crippen molar-refractivity contribution in [3.8, 4) is 17.6 Å². The minimum Gasteiger partial charge on any atom is -0.493 e. The molecule has 1 aromatic carbocycles. The minimum atomic E-state index is -0.0671. The molecule has 5 heteroatoms. The summed E-state index contributed by atoms with van der Waals surface area (Å²) < 4.78 is 10.4. The Bertz CT molecular complexity index is 454. The summed E-state index contributed by atoms with van der Waals surface area (Å²) in [5, 5.41) is 8.83. The molecule has 0 saturated heterocycles. The molecule has 0 fully saturated rings. The van der Waals surface area contributed by atoms with Gasteiger partial charge in [-0.25, -0.2) is 0 Å². The second-order valence-electron chi connectivity index (χ2n) is 4.18. The molecule has 0 aromatic heterocycles. The van der Waals surface area contributed by atoms with Gasteiger partial charge in [-0.2, -0.15) is 5.26 Å². The number of ether oxygens (including phenoxy) is 2. The van der Waals surface area contributed by atoms with Crippen LogP contribution in [0.15, 0.2) is 12.1 Å². The number of hydrogen-bond acceptors (Lipinski definition) is 5. The van der Waals surface area contributed by atoms with Crippen molar-refractivity contribution in [1.29, 1.82) is 5.26 Å². The molecule has 1 rings (SSSR count). The first kappa shape index (κ1) is 14.0. The number of nitrogens with two attached hydrogens (primary N) is 1. The molecule has 0 heterocycles. The average molecular weight is 249 g/mol. The monoisotopic (exact) mass is 249 g/mol. The molecular formula is C13H19N3O2. The van der Waals surface area contributed by atoms with Crippen LogP contribution in [0.1, 0.15) is 6.92 Å². The molecule has 0 aliphatic heterocycles. The Hall–Kier alpha value is -2.09. The highest BCUT2D eigenvalue weighted by molar-refractivity contribution is 5.73. The summed E-state index contributed by atoms with van der Waals surface area (Å²) in [6.45, 7) is 2.48. The number of hydrogen-bond donors (Lipinski definition) is 1. The number of nitrogens with zero attached hydrogens (tertiary/aromatic N) is 2. The Morgan fingerprint density at radius 2 is 1.89 bits per heavy atom. The van der Waals surface area contributed by atoms with Crippen molar-refractivity contribution < 1.29 is 9.47 Å². The van der Waals surface area contributed by atoms with Gasteiger partial charge >= 0.3 is 0 Å². The third-order valence-corrected chi connectivity index (χ3v) is 2.71. The van der Waals surface area contributed by atoms with Crippen LogP contribution in [-0.4, -0.2) is 27.8 Å². The summed E-state index contributed by atoms with van der Waals surface area (Å²) in [5.74, 6) is 1.15. The summed E-state index contributed by atoms with van der Waals surface area (Å²) >= 11 is 0. The predicted octanol–water partition coefficient (Wildman–Crippen LogP) is 1.88. The van der Waals surface area contributed by atoms with Gasteiger partial charge in [0.1, 0.15) is 0 Å². The molecule has 0 amide bonds. The molecule has 1 atom stereocenters. The normalized spacial score (nSPS) is 11.5. The Kier molecular flexibility index (Phi) is 4.67. The molecule has 98 valence electrons. The first-order chi connectivity index (χ1) is 8.53. The fourth-order valence-corrected chi connectivity index (χ4v) is 1.76. The average Bonchev–Trinajstić information content (AvgIpc) is 2.37. The molecule has 2 N–H and O–H groups in total. The van der Waals surface area contributed by atoms with Crippen molar-refractivity contribution in [2.45, 2.75) is 6.92 Å². The van der Waals surface area contributed by atoms with E-state index in [1.807, 2.05) is 24.9 Å². The number of anilines is 2. The largest absolute Gasteiger partial charge is 0.493 e.